The van der Waals surface area contributed by atoms with Gasteiger partial charge in [0.15, 0.2) is 0 Å². The summed E-state index contributed by atoms with van der Waals surface area (Å²) in [7, 11) is -1.89. The third-order valence-electron chi connectivity index (χ3n) is 3.98. The van der Waals surface area contributed by atoms with Crippen LogP contribution in [0.1, 0.15) is 31.1 Å². The summed E-state index contributed by atoms with van der Waals surface area (Å²) in [6.07, 6.45) is 5.39. The highest BCUT2D eigenvalue weighted by Gasteiger charge is 2.37. The first-order valence-corrected chi connectivity index (χ1v) is 8.64. The van der Waals surface area contributed by atoms with Gasteiger partial charge in [-0.1, -0.05) is 0 Å². The second-order valence-corrected chi connectivity index (χ2v) is 7.42. The summed E-state index contributed by atoms with van der Waals surface area (Å²) in [5.41, 5.74) is 0. The molecule has 0 saturated carbocycles. The molecule has 0 bridgehead atoms. The lowest BCUT2D eigenvalue weighted by Crippen LogP contribution is -2.36. The van der Waals surface area contributed by atoms with Crippen molar-refractivity contribution in [3.05, 3.63) is 36.5 Å². The molecule has 0 aromatic carbocycles. The fraction of sp³-hybridized carbons (Fsp3) is 0.500. The number of nitrogens with zero attached hydrogens (tertiary/aromatic N) is 3. The lowest BCUT2D eigenvalue weighted by Gasteiger charge is -2.24. The van der Waals surface area contributed by atoms with E-state index in [1.165, 1.54) is 27.6 Å². The molecule has 0 spiro atoms. The minimum Gasteiger partial charge on any atom is -0.467 e. The van der Waals surface area contributed by atoms with Gasteiger partial charge in [-0.2, -0.15) is 9.40 Å². The van der Waals surface area contributed by atoms with Crippen molar-refractivity contribution in [2.45, 2.75) is 36.3 Å². The van der Waals surface area contributed by atoms with E-state index in [1.54, 1.807) is 19.2 Å². The molecule has 3 rings (SSSR count). The van der Waals surface area contributed by atoms with E-state index in [1.807, 2.05) is 0 Å². The quantitative estimate of drug-likeness (QED) is 0.895. The highest BCUT2D eigenvalue weighted by Crippen LogP contribution is 2.31. The van der Waals surface area contributed by atoms with E-state index in [2.05, 4.69) is 5.10 Å². The number of sulfonamides is 1. The maximum absolute atomic E-state index is 12.7. The predicted octanol–water partition coefficient (Wildman–Crippen LogP) is 1.29. The Balaban J connectivity index is 1.78. The van der Waals surface area contributed by atoms with E-state index in [0.717, 1.165) is 12.8 Å². The topological polar surface area (TPSA) is 88.6 Å². The van der Waals surface area contributed by atoms with Crippen LogP contribution in [0.15, 0.2) is 40.1 Å². The van der Waals surface area contributed by atoms with Crippen LogP contribution >= 0.6 is 0 Å². The molecule has 0 radical (unpaired) electrons. The maximum Gasteiger partial charge on any atom is 0.246 e. The van der Waals surface area contributed by atoms with Gasteiger partial charge in [0.1, 0.15) is 16.8 Å². The Hall–Kier alpha value is -1.64. The zero-order valence-corrected chi connectivity index (χ0v) is 13.1. The van der Waals surface area contributed by atoms with E-state index >= 15 is 0 Å². The molecule has 0 aliphatic carbocycles. The normalized spacial score (nSPS) is 21.3. The monoisotopic (exact) mass is 325 g/mol. The SMILES string of the molecule is Cn1cc(S(=O)(=O)N2CCC[C@@H]2C[C@H](O)c2ccco2)cn1. The summed E-state index contributed by atoms with van der Waals surface area (Å²) in [5, 5.41) is 14.1. The average Bonchev–Trinajstić information content (AvgIpc) is 3.19. The second kappa shape index (κ2) is 5.86. The second-order valence-electron chi connectivity index (χ2n) is 5.53. The smallest absolute Gasteiger partial charge is 0.246 e. The lowest BCUT2D eigenvalue weighted by molar-refractivity contribution is 0.118. The maximum atomic E-state index is 12.7. The van der Waals surface area contributed by atoms with Crippen LogP contribution in [0.2, 0.25) is 0 Å². The third-order valence-corrected chi connectivity index (χ3v) is 5.88. The van der Waals surface area contributed by atoms with Crippen LogP contribution in [0.5, 0.6) is 0 Å². The van der Waals surface area contributed by atoms with Crippen molar-refractivity contribution >= 4 is 10.0 Å². The Kier molecular flexibility index (Phi) is 4.07. The highest BCUT2D eigenvalue weighted by molar-refractivity contribution is 7.89. The van der Waals surface area contributed by atoms with Gasteiger partial charge >= 0.3 is 0 Å². The van der Waals surface area contributed by atoms with Gasteiger partial charge in [0, 0.05) is 25.8 Å². The molecular weight excluding hydrogens is 306 g/mol. The Bertz CT molecular complexity index is 723. The molecule has 1 saturated heterocycles. The third kappa shape index (κ3) is 2.81. The molecular formula is C14H19N3O4S. The molecule has 120 valence electrons. The van der Waals surface area contributed by atoms with E-state index < -0.39 is 16.1 Å². The number of aromatic nitrogens is 2. The van der Waals surface area contributed by atoms with Crippen molar-refractivity contribution < 1.29 is 17.9 Å². The fourth-order valence-electron chi connectivity index (χ4n) is 2.88. The Morgan fingerprint density at radius 1 is 1.55 bits per heavy atom. The minimum atomic E-state index is -3.57. The van der Waals surface area contributed by atoms with Crippen molar-refractivity contribution in [1.29, 1.82) is 0 Å². The first-order chi connectivity index (χ1) is 10.5. The first-order valence-electron chi connectivity index (χ1n) is 7.20. The molecule has 0 amide bonds. The Labute approximate surface area is 129 Å². The number of hydrogen-bond donors (Lipinski definition) is 1. The molecule has 1 aliphatic heterocycles. The molecule has 7 nitrogen and oxygen atoms in total. The van der Waals surface area contributed by atoms with E-state index in [0.29, 0.717) is 18.7 Å². The van der Waals surface area contributed by atoms with Crippen LogP contribution < -0.4 is 0 Å². The van der Waals surface area contributed by atoms with Gasteiger partial charge < -0.3 is 9.52 Å². The number of aliphatic hydroxyl groups excluding tert-OH is 1. The van der Waals surface area contributed by atoms with Gasteiger partial charge in [-0.3, -0.25) is 4.68 Å². The summed E-state index contributed by atoms with van der Waals surface area (Å²) < 4.78 is 33.5. The van der Waals surface area contributed by atoms with Gasteiger partial charge in [0.05, 0.1) is 12.5 Å². The molecule has 1 fully saturated rings. The molecule has 2 atom stereocenters. The number of aliphatic hydroxyl groups is 1. The fourth-order valence-corrected chi connectivity index (χ4v) is 4.57. The largest absolute Gasteiger partial charge is 0.467 e. The predicted molar refractivity (Wildman–Crippen MR) is 78.4 cm³/mol. The summed E-state index contributed by atoms with van der Waals surface area (Å²) in [4.78, 5) is 0.189. The van der Waals surface area contributed by atoms with Crippen molar-refractivity contribution in [3.63, 3.8) is 0 Å². The standard InChI is InChI=1S/C14H19N3O4S/c1-16-10-12(9-15-16)22(19,20)17-6-2-4-11(17)8-13(18)14-5-3-7-21-14/h3,5,7,9-11,13,18H,2,4,6,8H2,1H3/t11-,13+/m1/s1. The van der Waals surface area contributed by atoms with Crippen molar-refractivity contribution in [1.82, 2.24) is 14.1 Å². The zero-order chi connectivity index (χ0) is 15.7. The summed E-state index contributed by atoms with van der Waals surface area (Å²) in [6, 6.07) is 3.17. The number of hydrogen-bond acceptors (Lipinski definition) is 5. The molecule has 1 N–H and O–H groups in total. The molecule has 1 aliphatic rings. The average molecular weight is 325 g/mol. The van der Waals surface area contributed by atoms with Gasteiger partial charge in [0.25, 0.3) is 0 Å². The van der Waals surface area contributed by atoms with Crippen molar-refractivity contribution in [2.24, 2.45) is 7.05 Å². The van der Waals surface area contributed by atoms with E-state index in [4.69, 9.17) is 4.42 Å². The van der Waals surface area contributed by atoms with Gasteiger partial charge in [0.2, 0.25) is 10.0 Å². The Morgan fingerprint density at radius 2 is 2.36 bits per heavy atom. The number of furan rings is 1. The number of rotatable bonds is 5. The molecule has 8 heteroatoms. The first kappa shape index (κ1) is 15.3. The van der Waals surface area contributed by atoms with Gasteiger partial charge in [-0.15, -0.1) is 0 Å². The van der Waals surface area contributed by atoms with E-state index in [9.17, 15) is 13.5 Å². The number of aryl methyl sites for hydroxylation is 1. The van der Waals surface area contributed by atoms with Gasteiger partial charge in [-0.25, -0.2) is 8.42 Å². The van der Waals surface area contributed by atoms with Crippen LogP contribution in [-0.4, -0.2) is 40.2 Å². The molecule has 2 aromatic heterocycles. The minimum absolute atomic E-state index is 0.189. The van der Waals surface area contributed by atoms with Crippen LogP contribution in [0.25, 0.3) is 0 Å². The molecule has 22 heavy (non-hydrogen) atoms. The Morgan fingerprint density at radius 3 is 3.00 bits per heavy atom. The summed E-state index contributed by atoms with van der Waals surface area (Å²) in [5.74, 6) is 0.464. The van der Waals surface area contributed by atoms with E-state index in [-0.39, 0.29) is 10.9 Å². The van der Waals surface area contributed by atoms with Crippen LogP contribution in [0, 0.1) is 0 Å². The van der Waals surface area contributed by atoms with Crippen molar-refractivity contribution in [3.8, 4) is 0 Å². The molecule has 0 unspecified atom stereocenters. The lowest BCUT2D eigenvalue weighted by atomic mass is 10.1. The van der Waals surface area contributed by atoms with Gasteiger partial charge in [-0.05, 0) is 31.4 Å². The zero-order valence-electron chi connectivity index (χ0n) is 12.3. The van der Waals surface area contributed by atoms with Crippen LogP contribution in [0.4, 0.5) is 0 Å². The van der Waals surface area contributed by atoms with Crippen LogP contribution in [-0.2, 0) is 17.1 Å². The van der Waals surface area contributed by atoms with Crippen molar-refractivity contribution in [2.75, 3.05) is 6.54 Å². The highest BCUT2D eigenvalue weighted by atomic mass is 32.2. The molecule has 2 aromatic rings. The van der Waals surface area contributed by atoms with Crippen LogP contribution in [0.3, 0.4) is 0 Å². The summed E-state index contributed by atoms with van der Waals surface area (Å²) >= 11 is 0. The molecule has 3 heterocycles. The summed E-state index contributed by atoms with van der Waals surface area (Å²) in [6.45, 7) is 0.465.